The molecule has 15 heavy (non-hydrogen) atoms. The molecule has 1 aromatic rings. The van der Waals surface area contributed by atoms with Gasteiger partial charge in [0, 0.05) is 25.8 Å². The van der Waals surface area contributed by atoms with E-state index in [1.807, 2.05) is 27.7 Å². The van der Waals surface area contributed by atoms with Crippen LogP contribution in [0.15, 0.2) is 4.42 Å². The Bertz CT molecular complexity index is 342. The number of hydrogen-bond donors (Lipinski definition) is 1. The number of nitrogens with one attached hydrogen (secondary N) is 1. The van der Waals surface area contributed by atoms with Crippen molar-refractivity contribution in [3.63, 3.8) is 0 Å². The third-order valence-corrected chi connectivity index (χ3v) is 2.18. The maximum atomic E-state index is 11.3. The maximum absolute atomic E-state index is 11.3. The van der Waals surface area contributed by atoms with Crippen LogP contribution in [0.4, 0.5) is 0 Å². The van der Waals surface area contributed by atoms with Crippen LogP contribution in [0, 0.1) is 19.8 Å². The second-order valence-corrected chi connectivity index (χ2v) is 3.94. The molecule has 84 valence electrons. The zero-order chi connectivity index (χ0) is 11.4. The molecule has 1 amide bonds. The number of carbonyl (C=O) groups is 1. The van der Waals surface area contributed by atoms with Gasteiger partial charge >= 0.3 is 0 Å². The van der Waals surface area contributed by atoms with E-state index in [1.54, 1.807) is 0 Å². The van der Waals surface area contributed by atoms with Gasteiger partial charge in [-0.1, -0.05) is 13.8 Å². The summed E-state index contributed by atoms with van der Waals surface area (Å²) in [7, 11) is 0. The number of rotatable bonds is 4. The first-order valence-corrected chi connectivity index (χ1v) is 5.21. The first-order valence-electron chi connectivity index (χ1n) is 5.21. The van der Waals surface area contributed by atoms with Gasteiger partial charge in [-0.05, 0) is 6.92 Å². The van der Waals surface area contributed by atoms with E-state index < -0.39 is 0 Å². The van der Waals surface area contributed by atoms with E-state index in [0.717, 1.165) is 11.5 Å². The second kappa shape index (κ2) is 4.96. The van der Waals surface area contributed by atoms with Crippen LogP contribution in [0.2, 0.25) is 0 Å². The first-order chi connectivity index (χ1) is 7.00. The summed E-state index contributed by atoms with van der Waals surface area (Å²) in [6.07, 6.45) is 0.700. The molecule has 0 saturated heterocycles. The predicted octanol–water partition coefficient (Wildman–Crippen LogP) is 1.61. The molecule has 0 spiro atoms. The Morgan fingerprint density at radius 1 is 1.47 bits per heavy atom. The van der Waals surface area contributed by atoms with Crippen molar-refractivity contribution in [1.82, 2.24) is 10.3 Å². The molecular weight excluding hydrogens is 192 g/mol. The number of carbonyl (C=O) groups excluding carboxylic acids is 1. The monoisotopic (exact) mass is 210 g/mol. The number of aromatic nitrogens is 1. The van der Waals surface area contributed by atoms with Gasteiger partial charge in [0.15, 0.2) is 5.89 Å². The Balaban J connectivity index is 2.38. The lowest BCUT2D eigenvalue weighted by Crippen LogP contribution is -2.29. The van der Waals surface area contributed by atoms with Crippen LogP contribution in [0.3, 0.4) is 0 Å². The van der Waals surface area contributed by atoms with Gasteiger partial charge in [-0.25, -0.2) is 4.98 Å². The molecule has 0 aromatic carbocycles. The fraction of sp³-hybridized carbons (Fsp3) is 0.636. The Hall–Kier alpha value is -1.32. The standard InChI is InChI=1S/C11H18N2O2/c1-7(2)11(14)12-6-5-10-8(3)13-9(4)15-10/h7H,5-6H2,1-4H3,(H,12,14). The zero-order valence-electron chi connectivity index (χ0n) is 9.76. The van der Waals surface area contributed by atoms with Gasteiger partial charge in [-0.2, -0.15) is 0 Å². The van der Waals surface area contributed by atoms with Crippen LogP contribution in [-0.2, 0) is 11.2 Å². The fourth-order valence-corrected chi connectivity index (χ4v) is 1.31. The summed E-state index contributed by atoms with van der Waals surface area (Å²) in [4.78, 5) is 15.4. The predicted molar refractivity (Wildman–Crippen MR) is 57.5 cm³/mol. The molecule has 0 radical (unpaired) electrons. The average molecular weight is 210 g/mol. The smallest absolute Gasteiger partial charge is 0.222 e. The van der Waals surface area contributed by atoms with Crippen LogP contribution in [-0.4, -0.2) is 17.4 Å². The average Bonchev–Trinajstić information content (AvgIpc) is 2.45. The summed E-state index contributed by atoms with van der Waals surface area (Å²) in [6, 6.07) is 0. The molecule has 1 heterocycles. The van der Waals surface area contributed by atoms with Crippen LogP contribution in [0.25, 0.3) is 0 Å². The van der Waals surface area contributed by atoms with Gasteiger partial charge in [0.1, 0.15) is 5.76 Å². The fourth-order valence-electron chi connectivity index (χ4n) is 1.31. The molecule has 0 unspecified atom stereocenters. The molecule has 0 saturated carbocycles. The van der Waals surface area contributed by atoms with Crippen LogP contribution in [0.5, 0.6) is 0 Å². The Morgan fingerprint density at radius 3 is 2.60 bits per heavy atom. The van der Waals surface area contributed by atoms with Crippen molar-refractivity contribution in [2.75, 3.05) is 6.54 Å². The normalized spacial score (nSPS) is 10.7. The second-order valence-electron chi connectivity index (χ2n) is 3.94. The molecule has 1 rings (SSSR count). The highest BCUT2D eigenvalue weighted by Gasteiger charge is 2.08. The zero-order valence-corrected chi connectivity index (χ0v) is 9.76. The molecule has 0 bridgehead atoms. The number of amides is 1. The van der Waals surface area contributed by atoms with Gasteiger partial charge in [0.05, 0.1) is 5.69 Å². The van der Waals surface area contributed by atoms with Crippen molar-refractivity contribution in [3.05, 3.63) is 17.3 Å². The SMILES string of the molecule is Cc1nc(C)c(CCNC(=O)C(C)C)o1. The van der Waals surface area contributed by atoms with Crippen molar-refractivity contribution < 1.29 is 9.21 Å². The minimum atomic E-state index is 0.0301. The van der Waals surface area contributed by atoms with Gasteiger partial charge < -0.3 is 9.73 Å². The summed E-state index contributed by atoms with van der Waals surface area (Å²) in [5, 5.41) is 2.84. The Kier molecular flexibility index (Phi) is 3.88. The van der Waals surface area contributed by atoms with Crippen LogP contribution >= 0.6 is 0 Å². The third kappa shape index (κ3) is 3.38. The van der Waals surface area contributed by atoms with E-state index in [-0.39, 0.29) is 11.8 Å². The first kappa shape index (κ1) is 11.8. The highest BCUT2D eigenvalue weighted by Crippen LogP contribution is 2.09. The van der Waals surface area contributed by atoms with E-state index in [9.17, 15) is 4.79 Å². The summed E-state index contributed by atoms with van der Waals surface area (Å²) >= 11 is 0. The lowest BCUT2D eigenvalue weighted by atomic mass is 10.2. The molecule has 0 atom stereocenters. The largest absolute Gasteiger partial charge is 0.446 e. The summed E-state index contributed by atoms with van der Waals surface area (Å²) < 4.78 is 5.39. The van der Waals surface area contributed by atoms with E-state index in [0.29, 0.717) is 18.9 Å². The molecule has 0 aliphatic heterocycles. The number of hydrogen-bond acceptors (Lipinski definition) is 3. The lowest BCUT2D eigenvalue weighted by Gasteiger charge is -2.06. The van der Waals surface area contributed by atoms with Gasteiger partial charge in [0.25, 0.3) is 0 Å². The Morgan fingerprint density at radius 2 is 2.13 bits per heavy atom. The van der Waals surface area contributed by atoms with Crippen LogP contribution in [0.1, 0.15) is 31.2 Å². The molecule has 1 aromatic heterocycles. The van der Waals surface area contributed by atoms with Gasteiger partial charge in [0.2, 0.25) is 5.91 Å². The molecule has 4 nitrogen and oxygen atoms in total. The van der Waals surface area contributed by atoms with Crippen molar-refractivity contribution in [1.29, 1.82) is 0 Å². The summed E-state index contributed by atoms with van der Waals surface area (Å²) in [5.41, 5.74) is 0.909. The molecule has 4 heteroatoms. The van der Waals surface area contributed by atoms with Crippen molar-refractivity contribution >= 4 is 5.91 Å². The highest BCUT2D eigenvalue weighted by atomic mass is 16.4. The van der Waals surface area contributed by atoms with Gasteiger partial charge in [-0.3, -0.25) is 4.79 Å². The topological polar surface area (TPSA) is 55.1 Å². The maximum Gasteiger partial charge on any atom is 0.222 e. The van der Waals surface area contributed by atoms with Crippen molar-refractivity contribution in [2.24, 2.45) is 5.92 Å². The van der Waals surface area contributed by atoms with Crippen molar-refractivity contribution in [2.45, 2.75) is 34.1 Å². The minimum absolute atomic E-state index is 0.0301. The number of nitrogens with zero attached hydrogens (tertiary/aromatic N) is 1. The number of oxazole rings is 1. The third-order valence-electron chi connectivity index (χ3n) is 2.18. The van der Waals surface area contributed by atoms with E-state index >= 15 is 0 Å². The van der Waals surface area contributed by atoms with Crippen molar-refractivity contribution in [3.8, 4) is 0 Å². The molecule has 0 fully saturated rings. The van der Waals surface area contributed by atoms with Gasteiger partial charge in [-0.15, -0.1) is 0 Å². The van der Waals surface area contributed by atoms with E-state index in [4.69, 9.17) is 4.42 Å². The molecule has 0 aliphatic rings. The molecule has 1 N–H and O–H groups in total. The lowest BCUT2D eigenvalue weighted by molar-refractivity contribution is -0.123. The highest BCUT2D eigenvalue weighted by molar-refractivity contribution is 5.77. The summed E-state index contributed by atoms with van der Waals surface area (Å²) in [5.74, 6) is 1.64. The quantitative estimate of drug-likeness (QED) is 0.821. The molecular formula is C11H18N2O2. The molecule has 0 aliphatic carbocycles. The van der Waals surface area contributed by atoms with Crippen LogP contribution < -0.4 is 5.32 Å². The van der Waals surface area contributed by atoms with E-state index in [2.05, 4.69) is 10.3 Å². The number of aryl methyl sites for hydroxylation is 2. The van der Waals surface area contributed by atoms with E-state index in [1.165, 1.54) is 0 Å². The Labute approximate surface area is 90.1 Å². The summed E-state index contributed by atoms with van der Waals surface area (Å²) in [6.45, 7) is 8.09. The minimum Gasteiger partial charge on any atom is -0.446 e.